The molecule has 0 saturated carbocycles. The van der Waals surface area contributed by atoms with Crippen molar-refractivity contribution in [1.82, 2.24) is 10.3 Å². The second-order valence-electron chi connectivity index (χ2n) is 15.9. The number of likely N-dealkylation sites (N-methyl/N-ethyl adjacent to an activating group) is 1. The van der Waals surface area contributed by atoms with Crippen molar-refractivity contribution in [3.63, 3.8) is 0 Å². The zero-order valence-corrected chi connectivity index (χ0v) is 33.8. The number of cyclic esters (lactones) is 1. The first kappa shape index (κ1) is 42.0. The maximum Gasteiger partial charge on any atom is 0.311 e. The van der Waals surface area contributed by atoms with E-state index in [1.807, 2.05) is 75.2 Å². The summed E-state index contributed by atoms with van der Waals surface area (Å²) in [6.45, 7) is 11.6. The summed E-state index contributed by atoms with van der Waals surface area (Å²) < 4.78 is 17.4. The molecule has 2 aromatic rings. The molecule has 2 fully saturated rings. The number of anilines is 1. The minimum atomic E-state index is -0.601. The third-order valence-electron chi connectivity index (χ3n) is 11.2. The van der Waals surface area contributed by atoms with Crippen LogP contribution in [0.25, 0.3) is 0 Å². The maximum absolute atomic E-state index is 12.9. The van der Waals surface area contributed by atoms with E-state index in [2.05, 4.69) is 42.4 Å². The highest BCUT2D eigenvalue weighted by Gasteiger charge is 2.43. The van der Waals surface area contributed by atoms with Crippen LogP contribution in [0.3, 0.4) is 0 Å². The van der Waals surface area contributed by atoms with E-state index >= 15 is 0 Å². The monoisotopic (exact) mass is 775 g/mol. The first-order chi connectivity index (χ1) is 26.2. The molecule has 2 aliphatic heterocycles. The minimum Gasteiger partial charge on any atom is -0.492 e. The Balaban J connectivity index is 0.000000214. The number of allylic oxidation sites excluding steroid dienone is 3. The van der Waals surface area contributed by atoms with Crippen LogP contribution in [0.1, 0.15) is 78.7 Å². The SMILES string of the molecule is CCC(C)(C)C(=O)O[C@H]1C[C@@H](C)C=C2C=C[C@H](C)[C@H](CC[C@@H]3C[C@@H](O)CC(=O)O3)[C@H]21.CN(CCOc1ccc(CC2SC(=O)NC2=O)cc1)c1ccccn1. The number of fused-ring (bicyclic) bond motifs is 1. The Morgan fingerprint density at radius 3 is 2.51 bits per heavy atom. The number of thioether (sulfide) groups is 1. The molecule has 11 nitrogen and oxygen atoms in total. The van der Waals surface area contributed by atoms with Crippen molar-refractivity contribution in [3.8, 4) is 5.75 Å². The summed E-state index contributed by atoms with van der Waals surface area (Å²) >= 11 is 1.05. The fourth-order valence-corrected chi connectivity index (χ4v) is 8.40. The van der Waals surface area contributed by atoms with Gasteiger partial charge in [0, 0.05) is 25.6 Å². The van der Waals surface area contributed by atoms with Crippen molar-refractivity contribution in [3.05, 3.63) is 78.0 Å². The number of amides is 2. The summed E-state index contributed by atoms with van der Waals surface area (Å²) in [6.07, 6.45) is 11.9. The highest BCUT2D eigenvalue weighted by atomic mass is 32.2. The van der Waals surface area contributed by atoms with Gasteiger partial charge in [-0.2, -0.15) is 0 Å². The summed E-state index contributed by atoms with van der Waals surface area (Å²) in [7, 11) is 1.97. The fraction of sp³-hybridized carbons (Fsp3) is 0.558. The van der Waals surface area contributed by atoms with Gasteiger partial charge < -0.3 is 24.2 Å². The van der Waals surface area contributed by atoms with E-state index in [1.165, 1.54) is 5.57 Å². The Labute approximate surface area is 329 Å². The van der Waals surface area contributed by atoms with Crippen molar-refractivity contribution in [2.75, 3.05) is 25.1 Å². The minimum absolute atomic E-state index is 0.0949. The van der Waals surface area contributed by atoms with E-state index in [1.54, 1.807) is 6.20 Å². The van der Waals surface area contributed by atoms with Gasteiger partial charge in [-0.15, -0.1) is 0 Å². The Morgan fingerprint density at radius 1 is 1.09 bits per heavy atom. The average molecular weight is 776 g/mol. The van der Waals surface area contributed by atoms with Crippen LogP contribution >= 0.6 is 11.8 Å². The number of nitrogens with one attached hydrogen (secondary N) is 1. The van der Waals surface area contributed by atoms with Crippen molar-refractivity contribution >= 4 is 40.7 Å². The maximum atomic E-state index is 12.9. The zero-order valence-electron chi connectivity index (χ0n) is 32.9. The number of benzene rings is 1. The largest absolute Gasteiger partial charge is 0.492 e. The number of rotatable bonds is 13. The van der Waals surface area contributed by atoms with Crippen LogP contribution < -0.4 is 15.0 Å². The zero-order chi connectivity index (χ0) is 39.7. The molecule has 1 aromatic heterocycles. The lowest BCUT2D eigenvalue weighted by Crippen LogP contribution is -2.43. The van der Waals surface area contributed by atoms with Gasteiger partial charge in [0.05, 0.1) is 29.7 Å². The van der Waals surface area contributed by atoms with Crippen LogP contribution in [0.4, 0.5) is 10.6 Å². The van der Waals surface area contributed by atoms with Crippen LogP contribution in [0.2, 0.25) is 0 Å². The summed E-state index contributed by atoms with van der Waals surface area (Å²) in [6, 6.07) is 13.4. The predicted octanol–water partition coefficient (Wildman–Crippen LogP) is 7.08. The van der Waals surface area contributed by atoms with Gasteiger partial charge in [-0.25, -0.2) is 4.98 Å². The molecule has 4 aliphatic rings. The number of ether oxygens (including phenoxy) is 3. The third kappa shape index (κ3) is 11.7. The highest BCUT2D eigenvalue weighted by Crippen LogP contribution is 2.45. The van der Waals surface area contributed by atoms with E-state index in [0.717, 1.165) is 61.1 Å². The topological polar surface area (TPSA) is 144 Å². The summed E-state index contributed by atoms with van der Waals surface area (Å²) in [5.41, 5.74) is 1.78. The molecule has 3 heterocycles. The third-order valence-corrected chi connectivity index (χ3v) is 12.2. The molecule has 1 aromatic carbocycles. The number of imide groups is 1. The van der Waals surface area contributed by atoms with Crippen LogP contribution in [-0.4, -0.2) is 76.9 Å². The van der Waals surface area contributed by atoms with Gasteiger partial charge in [-0.3, -0.25) is 24.5 Å². The van der Waals surface area contributed by atoms with Crippen molar-refractivity contribution < 1.29 is 38.5 Å². The Hall–Kier alpha value is -4.16. The van der Waals surface area contributed by atoms with Gasteiger partial charge in [0.2, 0.25) is 5.91 Å². The second-order valence-corrected chi connectivity index (χ2v) is 17.1. The van der Waals surface area contributed by atoms with Crippen LogP contribution in [0, 0.1) is 29.1 Å². The second kappa shape index (κ2) is 19.1. The lowest BCUT2D eigenvalue weighted by atomic mass is 9.65. The Kier molecular flexibility index (Phi) is 14.6. The normalized spacial score (nSPS) is 27.5. The average Bonchev–Trinajstić information content (AvgIpc) is 3.47. The number of esters is 2. The number of hydrogen-bond acceptors (Lipinski definition) is 11. The number of nitrogens with zero attached hydrogens (tertiary/aromatic N) is 2. The molecule has 298 valence electrons. The molecular weight excluding hydrogens is 719 g/mol. The molecule has 6 rings (SSSR count). The molecule has 0 bridgehead atoms. The highest BCUT2D eigenvalue weighted by molar-refractivity contribution is 8.15. The molecule has 2 amide bonds. The molecular formula is C43H57N3O8S. The lowest BCUT2D eigenvalue weighted by Gasteiger charge is -2.44. The van der Waals surface area contributed by atoms with E-state index in [-0.39, 0.29) is 52.9 Å². The van der Waals surface area contributed by atoms with Gasteiger partial charge in [-0.05, 0) is 99.1 Å². The number of aromatic nitrogens is 1. The quantitative estimate of drug-likeness (QED) is 0.202. The van der Waals surface area contributed by atoms with E-state index in [9.17, 15) is 24.3 Å². The smallest absolute Gasteiger partial charge is 0.311 e. The molecule has 0 radical (unpaired) electrons. The Bertz CT molecular complexity index is 1700. The summed E-state index contributed by atoms with van der Waals surface area (Å²) in [4.78, 5) is 53.7. The van der Waals surface area contributed by atoms with Gasteiger partial charge in [0.15, 0.2) is 0 Å². The fourth-order valence-electron chi connectivity index (χ4n) is 7.54. The number of pyridine rings is 1. The van der Waals surface area contributed by atoms with Crippen molar-refractivity contribution in [1.29, 1.82) is 0 Å². The predicted molar refractivity (Wildman–Crippen MR) is 214 cm³/mol. The lowest BCUT2D eigenvalue weighted by molar-refractivity contribution is -0.166. The van der Waals surface area contributed by atoms with E-state index in [4.69, 9.17) is 14.2 Å². The number of carbonyl (C=O) groups excluding carboxylic acids is 4. The molecule has 2 saturated heterocycles. The van der Waals surface area contributed by atoms with Gasteiger partial charge in [0.25, 0.3) is 5.24 Å². The van der Waals surface area contributed by atoms with Crippen molar-refractivity contribution in [2.24, 2.45) is 29.1 Å². The summed E-state index contributed by atoms with van der Waals surface area (Å²) in [5, 5.41) is 11.6. The molecule has 2 aliphatic carbocycles. The molecule has 0 spiro atoms. The molecule has 2 N–H and O–H groups in total. The van der Waals surface area contributed by atoms with Gasteiger partial charge in [-0.1, -0.05) is 69.0 Å². The Morgan fingerprint density at radius 2 is 1.85 bits per heavy atom. The molecule has 8 atom stereocenters. The molecule has 12 heteroatoms. The van der Waals surface area contributed by atoms with Crippen LogP contribution in [0.15, 0.2) is 72.5 Å². The van der Waals surface area contributed by atoms with Gasteiger partial charge >= 0.3 is 11.9 Å². The van der Waals surface area contributed by atoms with Gasteiger partial charge in [0.1, 0.15) is 30.4 Å². The number of carbonyl (C=O) groups is 4. The first-order valence-electron chi connectivity index (χ1n) is 19.6. The van der Waals surface area contributed by atoms with Crippen LogP contribution in [-0.2, 0) is 30.3 Å². The number of aliphatic hydroxyl groups is 1. The number of hydrogen-bond donors (Lipinski definition) is 2. The standard InChI is InChI=1S/C25H38O5.C18H19N3O3S/c1-6-25(4,5)24(28)30-21-12-15(2)11-17-8-7-16(3)20(23(17)21)10-9-19-13-18(26)14-22(27)29-19;1-21(16-4-2-3-9-19-16)10-11-24-14-7-5-13(6-8-14)12-15-17(22)20-18(23)25-15/h7-8,11,15-16,18-21,23,26H,6,9-10,12-14H2,1-5H3;2-9,15H,10-12H2,1H3,(H,20,22,23)/t15-,16-,18+,19+,20-,21-,23-;/m0./s1. The van der Waals surface area contributed by atoms with Crippen LogP contribution in [0.5, 0.6) is 5.75 Å². The first-order valence-corrected chi connectivity index (χ1v) is 20.4. The van der Waals surface area contributed by atoms with E-state index in [0.29, 0.717) is 37.2 Å². The molecule has 55 heavy (non-hydrogen) atoms. The van der Waals surface area contributed by atoms with E-state index < -0.39 is 11.5 Å². The van der Waals surface area contributed by atoms with Crippen molar-refractivity contribution in [2.45, 2.75) is 103 Å². The molecule has 1 unspecified atom stereocenters. The summed E-state index contributed by atoms with van der Waals surface area (Å²) in [5.74, 6) is 2.24. The number of aliphatic hydroxyl groups excluding tert-OH is 1.